The van der Waals surface area contributed by atoms with E-state index >= 15 is 0 Å². The van der Waals surface area contributed by atoms with E-state index in [9.17, 15) is 14.4 Å². The van der Waals surface area contributed by atoms with Crippen molar-refractivity contribution in [1.82, 2.24) is 20.1 Å². The Balaban J connectivity index is 1.55. The summed E-state index contributed by atoms with van der Waals surface area (Å²) in [6, 6.07) is 3.36. The Morgan fingerprint density at radius 2 is 1.93 bits per heavy atom. The number of nitrogens with zero attached hydrogens (tertiary/aromatic N) is 3. The number of hydrogen-bond acceptors (Lipinski definition) is 4. The molecule has 2 aliphatic heterocycles. The van der Waals surface area contributed by atoms with E-state index in [4.69, 9.17) is 0 Å². The summed E-state index contributed by atoms with van der Waals surface area (Å²) < 4.78 is 0. The zero-order valence-corrected chi connectivity index (χ0v) is 17.7. The van der Waals surface area contributed by atoms with Crippen LogP contribution in [0.4, 0.5) is 0 Å². The molecule has 29 heavy (non-hydrogen) atoms. The van der Waals surface area contributed by atoms with Crippen molar-refractivity contribution < 1.29 is 14.4 Å². The van der Waals surface area contributed by atoms with Crippen LogP contribution in [0.3, 0.4) is 0 Å². The molecule has 158 valence electrons. The molecule has 1 aromatic heterocycles. The van der Waals surface area contributed by atoms with Crippen LogP contribution < -0.4 is 5.32 Å². The van der Waals surface area contributed by atoms with Crippen molar-refractivity contribution in [1.29, 1.82) is 0 Å². The average molecular weight is 401 g/mol. The largest absolute Gasteiger partial charge is 0.350 e. The standard InChI is InChI=1S/C22H32N4O3/c1-22(2,3)13-20(28)25-11-8-17(9-12-25)26-18(6-7-19(26)27)21(29)24-15-16-5-4-10-23-14-16/h4-5,10,14,17-18H,6-9,11-13,15H2,1-3H3,(H,24,29). The molecule has 3 heterocycles. The maximum absolute atomic E-state index is 12.8. The van der Waals surface area contributed by atoms with Gasteiger partial charge >= 0.3 is 0 Å². The van der Waals surface area contributed by atoms with E-state index in [-0.39, 0.29) is 29.2 Å². The van der Waals surface area contributed by atoms with Gasteiger partial charge in [0.1, 0.15) is 6.04 Å². The summed E-state index contributed by atoms with van der Waals surface area (Å²) in [5.74, 6) is 0.117. The average Bonchev–Trinajstić information content (AvgIpc) is 3.07. The summed E-state index contributed by atoms with van der Waals surface area (Å²) in [6.07, 6.45) is 6.38. The van der Waals surface area contributed by atoms with Gasteiger partial charge in [-0.2, -0.15) is 0 Å². The van der Waals surface area contributed by atoms with Crippen LogP contribution in [-0.2, 0) is 20.9 Å². The number of carbonyl (C=O) groups is 3. The van der Waals surface area contributed by atoms with Gasteiger partial charge in [0.15, 0.2) is 0 Å². The van der Waals surface area contributed by atoms with Gasteiger partial charge in [0.05, 0.1) is 0 Å². The van der Waals surface area contributed by atoms with Crippen LogP contribution >= 0.6 is 0 Å². The predicted octanol–water partition coefficient (Wildman–Crippen LogP) is 2.12. The molecule has 1 N–H and O–H groups in total. The number of piperidine rings is 1. The molecule has 0 aliphatic carbocycles. The fourth-order valence-electron chi connectivity index (χ4n) is 4.19. The number of carbonyl (C=O) groups excluding carboxylic acids is 3. The van der Waals surface area contributed by atoms with Gasteiger partial charge in [0.2, 0.25) is 17.7 Å². The molecule has 0 saturated carbocycles. The van der Waals surface area contributed by atoms with Crippen molar-refractivity contribution in [3.05, 3.63) is 30.1 Å². The monoisotopic (exact) mass is 400 g/mol. The third kappa shape index (κ3) is 5.55. The number of aromatic nitrogens is 1. The summed E-state index contributed by atoms with van der Waals surface area (Å²) >= 11 is 0. The first-order chi connectivity index (χ1) is 13.7. The van der Waals surface area contributed by atoms with Crippen LogP contribution in [0.25, 0.3) is 0 Å². The van der Waals surface area contributed by atoms with Gasteiger partial charge in [-0.1, -0.05) is 26.8 Å². The van der Waals surface area contributed by atoms with E-state index < -0.39 is 6.04 Å². The van der Waals surface area contributed by atoms with Crippen LogP contribution in [0.2, 0.25) is 0 Å². The summed E-state index contributed by atoms with van der Waals surface area (Å²) in [5, 5.41) is 2.95. The van der Waals surface area contributed by atoms with Crippen LogP contribution in [-0.4, -0.2) is 57.7 Å². The lowest BCUT2D eigenvalue weighted by atomic mass is 9.91. The molecular formula is C22H32N4O3. The Hall–Kier alpha value is -2.44. The molecule has 7 heteroatoms. The molecule has 0 bridgehead atoms. The molecule has 1 atom stereocenters. The number of amides is 3. The van der Waals surface area contributed by atoms with Crippen molar-refractivity contribution in [2.45, 2.75) is 71.5 Å². The second kappa shape index (κ2) is 8.93. The minimum Gasteiger partial charge on any atom is -0.350 e. The van der Waals surface area contributed by atoms with Gasteiger partial charge in [-0.3, -0.25) is 19.4 Å². The number of rotatable bonds is 5. The minimum absolute atomic E-state index is 0.0258. The highest BCUT2D eigenvalue weighted by atomic mass is 16.2. The first kappa shape index (κ1) is 21.3. The molecular weight excluding hydrogens is 368 g/mol. The number of pyridine rings is 1. The van der Waals surface area contributed by atoms with Gasteiger partial charge in [0, 0.05) is 50.9 Å². The van der Waals surface area contributed by atoms with Crippen molar-refractivity contribution >= 4 is 17.7 Å². The second-order valence-electron chi connectivity index (χ2n) is 9.28. The van der Waals surface area contributed by atoms with Crippen molar-refractivity contribution in [3.63, 3.8) is 0 Å². The Labute approximate surface area is 172 Å². The van der Waals surface area contributed by atoms with Crippen LogP contribution in [0, 0.1) is 5.41 Å². The SMILES string of the molecule is CC(C)(C)CC(=O)N1CCC(N2C(=O)CCC2C(=O)NCc2cccnc2)CC1. The topological polar surface area (TPSA) is 82.6 Å². The smallest absolute Gasteiger partial charge is 0.243 e. The van der Waals surface area contributed by atoms with E-state index in [2.05, 4.69) is 31.1 Å². The fraction of sp³-hybridized carbons (Fsp3) is 0.636. The molecule has 0 spiro atoms. The molecule has 1 unspecified atom stereocenters. The van der Waals surface area contributed by atoms with E-state index in [1.807, 2.05) is 17.0 Å². The quantitative estimate of drug-likeness (QED) is 0.821. The Morgan fingerprint density at radius 1 is 1.21 bits per heavy atom. The molecule has 7 nitrogen and oxygen atoms in total. The third-order valence-corrected chi connectivity index (χ3v) is 5.64. The van der Waals surface area contributed by atoms with Gasteiger partial charge in [0.25, 0.3) is 0 Å². The number of likely N-dealkylation sites (tertiary alicyclic amines) is 2. The zero-order chi connectivity index (χ0) is 21.0. The summed E-state index contributed by atoms with van der Waals surface area (Å²) in [5.41, 5.74) is 0.901. The minimum atomic E-state index is -0.416. The van der Waals surface area contributed by atoms with Gasteiger partial charge < -0.3 is 15.1 Å². The Kier molecular flexibility index (Phi) is 6.55. The molecule has 0 aromatic carbocycles. The van der Waals surface area contributed by atoms with Crippen LogP contribution in [0.1, 0.15) is 58.4 Å². The lowest BCUT2D eigenvalue weighted by Gasteiger charge is -2.39. The van der Waals surface area contributed by atoms with Crippen LogP contribution in [0.15, 0.2) is 24.5 Å². The Bertz CT molecular complexity index is 736. The highest BCUT2D eigenvalue weighted by Crippen LogP contribution is 2.28. The normalized spacial score (nSPS) is 20.8. The lowest BCUT2D eigenvalue weighted by Crippen LogP contribution is -2.53. The van der Waals surface area contributed by atoms with Gasteiger partial charge in [-0.05, 0) is 36.3 Å². The summed E-state index contributed by atoms with van der Waals surface area (Å²) in [6.45, 7) is 7.89. The predicted molar refractivity (Wildman–Crippen MR) is 110 cm³/mol. The maximum Gasteiger partial charge on any atom is 0.243 e. The number of hydrogen-bond donors (Lipinski definition) is 1. The highest BCUT2D eigenvalue weighted by Gasteiger charge is 2.41. The summed E-state index contributed by atoms with van der Waals surface area (Å²) in [7, 11) is 0. The first-order valence-electron chi connectivity index (χ1n) is 10.5. The van der Waals surface area contributed by atoms with Crippen molar-refractivity contribution in [2.24, 2.45) is 5.41 Å². The molecule has 0 radical (unpaired) electrons. The molecule has 2 aliphatic rings. The second-order valence-corrected chi connectivity index (χ2v) is 9.28. The van der Waals surface area contributed by atoms with Gasteiger partial charge in [-0.25, -0.2) is 0 Å². The Morgan fingerprint density at radius 3 is 2.55 bits per heavy atom. The molecule has 1 aromatic rings. The van der Waals surface area contributed by atoms with Crippen molar-refractivity contribution in [2.75, 3.05) is 13.1 Å². The van der Waals surface area contributed by atoms with E-state index in [1.54, 1.807) is 17.3 Å². The highest BCUT2D eigenvalue weighted by molar-refractivity contribution is 5.91. The summed E-state index contributed by atoms with van der Waals surface area (Å²) in [4.78, 5) is 45.5. The van der Waals surface area contributed by atoms with E-state index in [1.165, 1.54) is 0 Å². The zero-order valence-electron chi connectivity index (χ0n) is 17.7. The van der Waals surface area contributed by atoms with E-state index in [0.29, 0.717) is 38.9 Å². The lowest BCUT2D eigenvalue weighted by molar-refractivity contribution is -0.140. The van der Waals surface area contributed by atoms with Crippen LogP contribution in [0.5, 0.6) is 0 Å². The third-order valence-electron chi connectivity index (χ3n) is 5.64. The molecule has 2 fully saturated rings. The molecule has 3 amide bonds. The fourth-order valence-corrected chi connectivity index (χ4v) is 4.19. The molecule has 2 saturated heterocycles. The van der Waals surface area contributed by atoms with Gasteiger partial charge in [-0.15, -0.1) is 0 Å². The van der Waals surface area contributed by atoms with E-state index in [0.717, 1.165) is 18.4 Å². The van der Waals surface area contributed by atoms with Crippen molar-refractivity contribution in [3.8, 4) is 0 Å². The first-order valence-corrected chi connectivity index (χ1v) is 10.5. The number of nitrogens with one attached hydrogen (secondary N) is 1. The maximum atomic E-state index is 12.8. The molecule has 3 rings (SSSR count).